The van der Waals surface area contributed by atoms with E-state index in [0.717, 1.165) is 15.3 Å². The Kier molecular flexibility index (Phi) is 5.92. The maximum absolute atomic E-state index is 12.3. The lowest BCUT2D eigenvalue weighted by Crippen LogP contribution is -2.35. The van der Waals surface area contributed by atoms with Gasteiger partial charge in [-0.25, -0.2) is 9.59 Å². The molecule has 1 aliphatic heterocycles. The second kappa shape index (κ2) is 8.36. The van der Waals surface area contributed by atoms with E-state index in [2.05, 4.69) is 5.32 Å². The molecule has 0 aliphatic carbocycles. The van der Waals surface area contributed by atoms with Crippen molar-refractivity contribution in [3.8, 4) is 0 Å². The Balaban J connectivity index is 1.84. The lowest BCUT2D eigenvalue weighted by molar-refractivity contribution is -0.111. The second-order valence-electron chi connectivity index (χ2n) is 5.68. The van der Waals surface area contributed by atoms with Crippen LogP contribution in [0, 0.1) is 0 Å². The number of esters is 1. The minimum absolute atomic E-state index is 0.331. The van der Waals surface area contributed by atoms with Crippen molar-refractivity contribution in [2.75, 3.05) is 26.1 Å². The first kappa shape index (κ1) is 19.1. The van der Waals surface area contributed by atoms with E-state index < -0.39 is 12.1 Å². The molecule has 1 aliphatic rings. The van der Waals surface area contributed by atoms with Crippen LogP contribution in [0.25, 0.3) is 6.08 Å². The molecule has 9 heteroatoms. The summed E-state index contributed by atoms with van der Waals surface area (Å²) < 4.78 is 9.66. The summed E-state index contributed by atoms with van der Waals surface area (Å²) in [5.41, 5.74) is 1.17. The number of methoxy groups -OCH3 is 2. The second-order valence-corrected chi connectivity index (χ2v) is 7.76. The molecule has 2 aromatic rings. The number of ether oxygens (including phenoxy) is 2. The van der Waals surface area contributed by atoms with E-state index in [4.69, 9.17) is 9.47 Å². The zero-order valence-electron chi connectivity index (χ0n) is 14.8. The Hall–Kier alpha value is -2.65. The highest BCUT2D eigenvalue weighted by atomic mass is 32.1. The highest BCUT2D eigenvalue weighted by Gasteiger charge is 2.30. The predicted molar refractivity (Wildman–Crippen MR) is 104 cm³/mol. The summed E-state index contributed by atoms with van der Waals surface area (Å²) in [6.07, 6.45) is 3.21. The smallest absolute Gasteiger partial charge is 0.409 e. The quantitative estimate of drug-likeness (QED) is 0.622. The molecule has 0 saturated carbocycles. The van der Waals surface area contributed by atoms with E-state index in [1.165, 1.54) is 43.0 Å². The van der Waals surface area contributed by atoms with Crippen LogP contribution in [0.15, 0.2) is 23.6 Å². The normalized spacial score (nSPS) is 13.3. The monoisotopic (exact) mass is 406 g/mol. The van der Waals surface area contributed by atoms with Gasteiger partial charge in [-0.05, 0) is 29.5 Å². The lowest BCUT2D eigenvalue weighted by atomic mass is 10.0. The van der Waals surface area contributed by atoms with Crippen molar-refractivity contribution in [3.63, 3.8) is 0 Å². The molecule has 2 aromatic heterocycles. The van der Waals surface area contributed by atoms with Crippen LogP contribution in [0.4, 0.5) is 9.80 Å². The Morgan fingerprint density at radius 2 is 2.07 bits per heavy atom. The van der Waals surface area contributed by atoms with E-state index in [0.29, 0.717) is 30.1 Å². The summed E-state index contributed by atoms with van der Waals surface area (Å²) in [5.74, 6) is -0.839. The van der Waals surface area contributed by atoms with Crippen LogP contribution >= 0.6 is 22.7 Å². The van der Waals surface area contributed by atoms with Gasteiger partial charge >= 0.3 is 12.1 Å². The fourth-order valence-corrected chi connectivity index (χ4v) is 4.66. The molecule has 0 saturated heterocycles. The SMILES string of the molecule is COC(=O)c1c(NC(=O)/C=C/c2cccs2)sc2c1CCN(C(=O)OC)C2. The molecule has 2 amide bonds. The standard InChI is InChI=1S/C18H18N2O5S2/c1-24-17(22)15-12-7-8-20(18(23)25-2)10-13(12)27-16(15)19-14(21)6-5-11-4-3-9-26-11/h3-6,9H,7-8,10H2,1-2H3,(H,19,21)/b6-5+. The third-order valence-corrected chi connectivity index (χ3v) is 6.03. The number of hydrogen-bond donors (Lipinski definition) is 1. The first-order valence-corrected chi connectivity index (χ1v) is 9.81. The minimum Gasteiger partial charge on any atom is -0.465 e. The largest absolute Gasteiger partial charge is 0.465 e. The van der Waals surface area contributed by atoms with E-state index in [9.17, 15) is 14.4 Å². The summed E-state index contributed by atoms with van der Waals surface area (Å²) in [5, 5.41) is 5.12. The first-order chi connectivity index (χ1) is 13.0. The van der Waals surface area contributed by atoms with Crippen LogP contribution in [0.5, 0.6) is 0 Å². The van der Waals surface area contributed by atoms with Gasteiger partial charge in [-0.15, -0.1) is 22.7 Å². The first-order valence-electron chi connectivity index (χ1n) is 8.11. The van der Waals surface area contributed by atoms with Crippen LogP contribution in [-0.2, 0) is 27.2 Å². The number of rotatable bonds is 4. The zero-order valence-corrected chi connectivity index (χ0v) is 16.4. The summed E-state index contributed by atoms with van der Waals surface area (Å²) in [6, 6.07) is 3.80. The van der Waals surface area contributed by atoms with Crippen molar-refractivity contribution in [1.82, 2.24) is 4.90 Å². The van der Waals surface area contributed by atoms with Gasteiger partial charge in [-0.1, -0.05) is 6.07 Å². The average molecular weight is 406 g/mol. The molecular formula is C18H18N2O5S2. The molecule has 0 atom stereocenters. The van der Waals surface area contributed by atoms with E-state index in [1.807, 2.05) is 17.5 Å². The summed E-state index contributed by atoms with van der Waals surface area (Å²) in [6.45, 7) is 0.768. The van der Waals surface area contributed by atoms with Crippen LogP contribution in [0.2, 0.25) is 0 Å². The summed E-state index contributed by atoms with van der Waals surface area (Å²) in [4.78, 5) is 39.7. The van der Waals surface area contributed by atoms with Gasteiger partial charge in [-0.3, -0.25) is 4.79 Å². The maximum atomic E-state index is 12.3. The fraction of sp³-hybridized carbons (Fsp3) is 0.278. The number of hydrogen-bond acceptors (Lipinski definition) is 7. The van der Waals surface area contributed by atoms with Crippen molar-refractivity contribution in [2.45, 2.75) is 13.0 Å². The highest BCUT2D eigenvalue weighted by Crippen LogP contribution is 2.37. The van der Waals surface area contributed by atoms with Gasteiger partial charge in [0.1, 0.15) is 5.00 Å². The number of amides is 2. The number of carbonyl (C=O) groups is 3. The molecule has 0 unspecified atom stereocenters. The molecule has 3 heterocycles. The molecule has 0 spiro atoms. The Labute approximate surface area is 164 Å². The highest BCUT2D eigenvalue weighted by molar-refractivity contribution is 7.17. The van der Waals surface area contributed by atoms with E-state index >= 15 is 0 Å². The van der Waals surface area contributed by atoms with Crippen molar-refractivity contribution >= 4 is 51.7 Å². The van der Waals surface area contributed by atoms with Gasteiger partial charge < -0.3 is 19.7 Å². The Bertz CT molecular complexity index is 886. The number of fused-ring (bicyclic) bond motifs is 1. The van der Waals surface area contributed by atoms with E-state index in [-0.39, 0.29) is 5.91 Å². The number of thiophene rings is 2. The molecule has 0 aromatic carbocycles. The third kappa shape index (κ3) is 4.20. The van der Waals surface area contributed by atoms with Gasteiger partial charge in [0.2, 0.25) is 5.91 Å². The molecule has 0 radical (unpaired) electrons. The van der Waals surface area contributed by atoms with Crippen LogP contribution in [0.3, 0.4) is 0 Å². The summed E-state index contributed by atoms with van der Waals surface area (Å²) >= 11 is 2.80. The molecule has 0 fully saturated rings. The third-order valence-electron chi connectivity index (χ3n) is 4.06. The molecular weight excluding hydrogens is 388 g/mol. The average Bonchev–Trinajstić information content (AvgIpc) is 3.31. The molecule has 0 bridgehead atoms. The van der Waals surface area contributed by atoms with Gasteiger partial charge in [0.15, 0.2) is 0 Å². The lowest BCUT2D eigenvalue weighted by Gasteiger charge is -2.25. The van der Waals surface area contributed by atoms with Crippen molar-refractivity contribution in [1.29, 1.82) is 0 Å². The number of nitrogens with zero attached hydrogens (tertiary/aromatic N) is 1. The predicted octanol–water partition coefficient (Wildman–Crippen LogP) is 3.37. The van der Waals surface area contributed by atoms with Crippen molar-refractivity contribution < 1.29 is 23.9 Å². The van der Waals surface area contributed by atoms with E-state index in [1.54, 1.807) is 11.0 Å². The topological polar surface area (TPSA) is 84.9 Å². The summed E-state index contributed by atoms with van der Waals surface area (Å²) in [7, 11) is 2.63. The molecule has 3 rings (SSSR count). The molecule has 7 nitrogen and oxygen atoms in total. The number of carbonyl (C=O) groups excluding carboxylic acids is 3. The van der Waals surface area contributed by atoms with Crippen LogP contribution in [0.1, 0.15) is 25.7 Å². The van der Waals surface area contributed by atoms with Gasteiger partial charge in [-0.2, -0.15) is 0 Å². The van der Waals surface area contributed by atoms with Crippen LogP contribution < -0.4 is 5.32 Å². The van der Waals surface area contributed by atoms with Crippen LogP contribution in [-0.4, -0.2) is 43.6 Å². The Morgan fingerprint density at radius 1 is 1.26 bits per heavy atom. The maximum Gasteiger partial charge on any atom is 0.409 e. The molecule has 1 N–H and O–H groups in total. The van der Waals surface area contributed by atoms with Crippen molar-refractivity contribution in [3.05, 3.63) is 44.5 Å². The van der Waals surface area contributed by atoms with Crippen molar-refractivity contribution in [2.24, 2.45) is 0 Å². The molecule has 142 valence electrons. The zero-order chi connectivity index (χ0) is 19.4. The fourth-order valence-electron chi connectivity index (χ4n) is 2.79. The van der Waals surface area contributed by atoms with Gasteiger partial charge in [0.25, 0.3) is 0 Å². The number of nitrogens with one attached hydrogen (secondary N) is 1. The van der Waals surface area contributed by atoms with Gasteiger partial charge in [0, 0.05) is 22.4 Å². The number of anilines is 1. The molecule has 27 heavy (non-hydrogen) atoms. The van der Waals surface area contributed by atoms with Gasteiger partial charge in [0.05, 0.1) is 26.3 Å². The Morgan fingerprint density at radius 3 is 2.74 bits per heavy atom. The minimum atomic E-state index is -0.503.